The summed E-state index contributed by atoms with van der Waals surface area (Å²) in [6.07, 6.45) is 15.8. The van der Waals surface area contributed by atoms with Crippen molar-refractivity contribution in [2.75, 3.05) is 0 Å². The summed E-state index contributed by atoms with van der Waals surface area (Å²) in [6, 6.07) is 5.23. The van der Waals surface area contributed by atoms with Crippen LogP contribution in [-0.4, -0.2) is 32.9 Å². The van der Waals surface area contributed by atoms with Crippen molar-refractivity contribution in [1.29, 1.82) is 0 Å². The molecule has 1 rings (SSSR count). The Bertz CT molecular complexity index is 388. The SMILES string of the molecule is CCCCCCc1cc[c]([Sn]([CH2]CCC)([CH2]CCC)[CH2]CCC)[se]1. The predicted molar refractivity (Wildman–Crippen MR) is 116 cm³/mol. The Morgan fingerprint density at radius 3 is 1.71 bits per heavy atom. The minimum absolute atomic E-state index is 0.748. The fourth-order valence-electron chi connectivity index (χ4n) is 3.81. The van der Waals surface area contributed by atoms with Crippen molar-refractivity contribution in [3.63, 3.8) is 0 Å². The topological polar surface area (TPSA) is 0 Å². The number of unbranched alkanes of at least 4 members (excludes halogenated alkanes) is 6. The monoisotopic (exact) mass is 506 g/mol. The molecule has 0 unspecified atom stereocenters. The molecule has 0 saturated carbocycles. The van der Waals surface area contributed by atoms with Gasteiger partial charge in [0.2, 0.25) is 0 Å². The van der Waals surface area contributed by atoms with Gasteiger partial charge in [0.25, 0.3) is 0 Å². The van der Waals surface area contributed by atoms with Crippen LogP contribution in [0.2, 0.25) is 13.3 Å². The first-order valence-corrected chi connectivity index (χ1v) is 20.0. The van der Waals surface area contributed by atoms with Gasteiger partial charge in [-0.05, 0) is 0 Å². The molecule has 0 amide bonds. The van der Waals surface area contributed by atoms with E-state index in [0.29, 0.717) is 0 Å². The number of hydrogen-bond donors (Lipinski definition) is 0. The Kier molecular flexibility index (Phi) is 13.3. The number of hydrogen-bond acceptors (Lipinski definition) is 0. The van der Waals surface area contributed by atoms with Gasteiger partial charge in [-0.3, -0.25) is 0 Å². The van der Waals surface area contributed by atoms with Crippen LogP contribution < -0.4 is 2.45 Å². The van der Waals surface area contributed by atoms with E-state index in [2.05, 4.69) is 42.3 Å². The molecule has 0 saturated heterocycles. The van der Waals surface area contributed by atoms with Crippen molar-refractivity contribution in [2.24, 2.45) is 0 Å². The summed E-state index contributed by atoms with van der Waals surface area (Å²) in [7, 11) is 0. The molecular weight excluding hydrogens is 462 g/mol. The standard InChI is InChI=1S/C10H15Se.3C4H9.Sn/c1-2-3-4-5-7-10-8-6-9-11-10;3*1-3-4-2;/h6,8H,2-5,7H2,1H3;3*1,3-4H2,2H3;. The van der Waals surface area contributed by atoms with Gasteiger partial charge >= 0.3 is 164 Å². The molecule has 0 nitrogen and oxygen atoms in total. The second kappa shape index (κ2) is 13.9. The van der Waals surface area contributed by atoms with E-state index >= 15 is 0 Å². The molecular formula is C22H42SeSn. The molecule has 0 aliphatic rings. The van der Waals surface area contributed by atoms with Crippen LogP contribution in [0.25, 0.3) is 0 Å². The summed E-state index contributed by atoms with van der Waals surface area (Å²) >= 11 is -1.32. The van der Waals surface area contributed by atoms with E-state index in [-0.39, 0.29) is 0 Å². The molecule has 0 aliphatic carbocycles. The Labute approximate surface area is 162 Å². The van der Waals surface area contributed by atoms with E-state index in [1.807, 2.05) is 4.44 Å². The van der Waals surface area contributed by atoms with Gasteiger partial charge in [0.1, 0.15) is 0 Å². The molecule has 0 bridgehead atoms. The van der Waals surface area contributed by atoms with E-state index in [1.54, 1.807) is 13.3 Å². The molecule has 1 aromatic heterocycles. The van der Waals surface area contributed by atoms with Crippen LogP contribution in [0.1, 0.15) is 96.3 Å². The zero-order chi connectivity index (χ0) is 17.7. The third-order valence-corrected chi connectivity index (χ3v) is 29.8. The Morgan fingerprint density at radius 2 is 1.21 bits per heavy atom. The third-order valence-electron chi connectivity index (χ3n) is 5.49. The van der Waals surface area contributed by atoms with E-state index in [4.69, 9.17) is 0 Å². The van der Waals surface area contributed by atoms with E-state index < -0.39 is 18.4 Å². The van der Waals surface area contributed by atoms with Crippen molar-refractivity contribution >= 4 is 35.3 Å². The van der Waals surface area contributed by atoms with Gasteiger partial charge in [-0.1, -0.05) is 0 Å². The van der Waals surface area contributed by atoms with Gasteiger partial charge in [0, 0.05) is 0 Å². The van der Waals surface area contributed by atoms with Crippen LogP contribution in [0.5, 0.6) is 0 Å². The average molecular weight is 504 g/mol. The van der Waals surface area contributed by atoms with Crippen LogP contribution in [0, 0.1) is 0 Å². The van der Waals surface area contributed by atoms with Crippen LogP contribution in [-0.2, 0) is 6.42 Å². The quantitative estimate of drug-likeness (QED) is 0.180. The summed E-state index contributed by atoms with van der Waals surface area (Å²) in [4.78, 5) is 0. The van der Waals surface area contributed by atoms with Gasteiger partial charge in [-0.25, -0.2) is 0 Å². The van der Waals surface area contributed by atoms with Gasteiger partial charge in [0.05, 0.1) is 0 Å². The fraction of sp³-hybridized carbons (Fsp3) is 0.818. The van der Waals surface area contributed by atoms with Gasteiger partial charge in [0.15, 0.2) is 0 Å². The molecule has 0 aliphatic heterocycles. The maximum atomic E-state index is 2.66. The van der Waals surface area contributed by atoms with Crippen LogP contribution >= 0.6 is 0 Å². The van der Waals surface area contributed by atoms with Gasteiger partial charge in [-0.15, -0.1) is 0 Å². The maximum absolute atomic E-state index is 2.66. The number of rotatable bonds is 15. The molecule has 2 heteroatoms. The van der Waals surface area contributed by atoms with E-state index in [1.165, 1.54) is 70.6 Å². The average Bonchev–Trinajstić information content (AvgIpc) is 3.08. The molecule has 0 atom stereocenters. The summed E-state index contributed by atoms with van der Waals surface area (Å²) in [5, 5.41) is 0. The van der Waals surface area contributed by atoms with Crippen LogP contribution in [0.15, 0.2) is 12.1 Å². The first-order chi connectivity index (χ1) is 11.7. The molecule has 1 aromatic rings. The van der Waals surface area contributed by atoms with Crippen molar-refractivity contribution in [3.8, 4) is 0 Å². The van der Waals surface area contributed by atoms with Crippen LogP contribution in [0.3, 0.4) is 0 Å². The first-order valence-electron chi connectivity index (χ1n) is 10.8. The third kappa shape index (κ3) is 8.00. The summed E-state index contributed by atoms with van der Waals surface area (Å²) in [5.41, 5.74) is 0. The molecule has 0 N–H and O–H groups in total. The molecule has 0 spiro atoms. The Morgan fingerprint density at radius 1 is 0.667 bits per heavy atom. The van der Waals surface area contributed by atoms with E-state index in [0.717, 1.165) is 14.5 Å². The van der Waals surface area contributed by atoms with E-state index in [9.17, 15) is 0 Å². The van der Waals surface area contributed by atoms with Crippen molar-refractivity contribution in [3.05, 3.63) is 16.6 Å². The normalized spacial score (nSPS) is 12.0. The zero-order valence-electron chi connectivity index (χ0n) is 17.0. The summed E-state index contributed by atoms with van der Waals surface area (Å²) < 4.78 is 8.85. The number of aryl methyl sites for hydroxylation is 1. The second-order valence-electron chi connectivity index (χ2n) is 7.67. The molecule has 0 aromatic carbocycles. The Balaban J connectivity index is 2.84. The molecule has 0 fully saturated rings. The second-order valence-corrected chi connectivity index (χ2v) is 25.6. The Hall–Kier alpha value is 0.798. The molecule has 140 valence electrons. The minimum atomic E-state index is -2.07. The molecule has 1 heterocycles. The molecule has 0 radical (unpaired) electrons. The van der Waals surface area contributed by atoms with Gasteiger partial charge < -0.3 is 0 Å². The zero-order valence-corrected chi connectivity index (χ0v) is 21.5. The van der Waals surface area contributed by atoms with Crippen LogP contribution in [0.4, 0.5) is 0 Å². The molecule has 24 heavy (non-hydrogen) atoms. The van der Waals surface area contributed by atoms with Crippen molar-refractivity contribution in [1.82, 2.24) is 0 Å². The summed E-state index contributed by atoms with van der Waals surface area (Å²) in [6.45, 7) is 9.49. The van der Waals surface area contributed by atoms with Gasteiger partial charge in [-0.2, -0.15) is 0 Å². The summed E-state index contributed by atoms with van der Waals surface area (Å²) in [5.74, 6) is 0. The fourth-order valence-corrected chi connectivity index (χ4v) is 29.7. The predicted octanol–water partition coefficient (Wildman–Crippen LogP) is 6.92. The first kappa shape index (κ1) is 22.8. The van der Waals surface area contributed by atoms with Crippen molar-refractivity contribution in [2.45, 2.75) is 112 Å². The van der Waals surface area contributed by atoms with Crippen molar-refractivity contribution < 1.29 is 0 Å².